The number of fused-ring (bicyclic) bond motifs is 1. The van der Waals surface area contributed by atoms with E-state index in [1.807, 2.05) is 6.92 Å². The first kappa shape index (κ1) is 20.8. The summed E-state index contributed by atoms with van der Waals surface area (Å²) < 4.78 is 10.9. The quantitative estimate of drug-likeness (QED) is 0.361. The van der Waals surface area contributed by atoms with Gasteiger partial charge >= 0.3 is 0 Å². The van der Waals surface area contributed by atoms with Crippen molar-refractivity contribution in [1.29, 1.82) is 0 Å². The van der Waals surface area contributed by atoms with Crippen LogP contribution >= 0.6 is 11.6 Å². The number of rotatable bonds is 7. The highest BCUT2D eigenvalue weighted by Crippen LogP contribution is 2.40. The lowest BCUT2D eigenvalue weighted by Gasteiger charge is -2.28. The Bertz CT molecular complexity index is 950. The number of anilines is 1. The van der Waals surface area contributed by atoms with Crippen LogP contribution in [0, 0.1) is 0 Å². The highest BCUT2D eigenvalue weighted by molar-refractivity contribution is 6.32. The van der Waals surface area contributed by atoms with Gasteiger partial charge in [0.2, 0.25) is 5.91 Å². The van der Waals surface area contributed by atoms with Crippen molar-refractivity contribution in [3.05, 3.63) is 52.0 Å². The van der Waals surface area contributed by atoms with Crippen LogP contribution in [-0.2, 0) is 11.3 Å². The van der Waals surface area contributed by atoms with Gasteiger partial charge in [-0.15, -0.1) is 0 Å². The number of nitrogens with two attached hydrogens (primary N) is 1. The van der Waals surface area contributed by atoms with E-state index in [9.17, 15) is 9.59 Å². The molecule has 1 unspecified atom stereocenters. The molecule has 2 aromatic carbocycles. The van der Waals surface area contributed by atoms with Crippen molar-refractivity contribution in [3.63, 3.8) is 0 Å². The summed E-state index contributed by atoms with van der Waals surface area (Å²) in [5, 5.41) is 9.46. The van der Waals surface area contributed by atoms with Crippen molar-refractivity contribution in [2.45, 2.75) is 25.9 Å². The maximum Gasteiger partial charge on any atom is 0.257 e. The van der Waals surface area contributed by atoms with E-state index in [4.69, 9.17) is 32.0 Å². The SMILES string of the molecule is CCOc1cc(C(CC(=O)NO)N2Cc3c(Cl)ccc(N)c3C2=O)ccc1OC. The number of hydrogen-bond donors (Lipinski definition) is 3. The monoisotopic (exact) mass is 419 g/mol. The van der Waals surface area contributed by atoms with Crippen LogP contribution in [-0.4, -0.2) is 35.6 Å². The third kappa shape index (κ3) is 3.94. The van der Waals surface area contributed by atoms with Gasteiger partial charge in [0.15, 0.2) is 11.5 Å². The number of amides is 2. The van der Waals surface area contributed by atoms with Crippen LogP contribution < -0.4 is 20.7 Å². The van der Waals surface area contributed by atoms with Gasteiger partial charge in [-0.3, -0.25) is 14.8 Å². The number of nitrogen functional groups attached to an aromatic ring is 1. The molecule has 3 rings (SSSR count). The van der Waals surface area contributed by atoms with Gasteiger partial charge in [-0.05, 0) is 36.8 Å². The van der Waals surface area contributed by atoms with Crippen molar-refractivity contribution in [1.82, 2.24) is 10.4 Å². The number of carbonyl (C=O) groups excluding carboxylic acids is 2. The fraction of sp³-hybridized carbons (Fsp3) is 0.300. The summed E-state index contributed by atoms with van der Waals surface area (Å²) in [6.45, 7) is 2.45. The Morgan fingerprint density at radius 2 is 2.10 bits per heavy atom. The van der Waals surface area contributed by atoms with E-state index in [1.165, 1.54) is 12.0 Å². The van der Waals surface area contributed by atoms with E-state index in [-0.39, 0.29) is 18.9 Å². The number of carbonyl (C=O) groups is 2. The van der Waals surface area contributed by atoms with Crippen LogP contribution in [0.25, 0.3) is 0 Å². The summed E-state index contributed by atoms with van der Waals surface area (Å²) in [6, 6.07) is 7.72. The Hall–Kier alpha value is -2.97. The van der Waals surface area contributed by atoms with E-state index in [1.54, 1.807) is 35.8 Å². The molecule has 0 aromatic heterocycles. The van der Waals surface area contributed by atoms with E-state index in [2.05, 4.69) is 0 Å². The standard InChI is InChI=1S/C20H22ClN3O5/c1-3-29-17-8-11(4-7-16(17)28-2)15(9-18(25)23-27)24-10-12-13(21)5-6-14(22)19(12)20(24)26/h4-8,15,27H,3,9-10,22H2,1-2H3,(H,23,25). The van der Waals surface area contributed by atoms with Gasteiger partial charge < -0.3 is 20.1 Å². The van der Waals surface area contributed by atoms with Crippen molar-refractivity contribution < 1.29 is 24.3 Å². The first-order valence-corrected chi connectivity index (χ1v) is 9.40. The number of hydroxylamine groups is 1. The van der Waals surface area contributed by atoms with E-state index < -0.39 is 11.9 Å². The molecule has 8 nitrogen and oxygen atoms in total. The van der Waals surface area contributed by atoms with Gasteiger partial charge in [-0.1, -0.05) is 17.7 Å². The average molecular weight is 420 g/mol. The fourth-order valence-electron chi connectivity index (χ4n) is 3.48. The van der Waals surface area contributed by atoms with Gasteiger partial charge in [-0.2, -0.15) is 0 Å². The zero-order chi connectivity index (χ0) is 21.1. The Balaban J connectivity index is 2.04. The lowest BCUT2D eigenvalue weighted by atomic mass is 10.0. The summed E-state index contributed by atoms with van der Waals surface area (Å²) in [6.07, 6.45) is -0.161. The molecule has 1 aliphatic heterocycles. The lowest BCUT2D eigenvalue weighted by Crippen LogP contribution is -2.33. The Labute approximate surface area is 173 Å². The van der Waals surface area contributed by atoms with Crippen molar-refractivity contribution >= 4 is 29.1 Å². The lowest BCUT2D eigenvalue weighted by molar-refractivity contribution is -0.130. The molecule has 2 aromatic rings. The number of nitrogens with one attached hydrogen (secondary N) is 1. The van der Waals surface area contributed by atoms with Crippen LogP contribution in [0.15, 0.2) is 30.3 Å². The molecular weight excluding hydrogens is 398 g/mol. The first-order chi connectivity index (χ1) is 13.9. The van der Waals surface area contributed by atoms with Crippen LogP contribution in [0.2, 0.25) is 5.02 Å². The Kier molecular flexibility index (Phi) is 6.14. The van der Waals surface area contributed by atoms with Gasteiger partial charge in [0.25, 0.3) is 5.91 Å². The molecule has 4 N–H and O–H groups in total. The van der Waals surface area contributed by atoms with Gasteiger partial charge in [0.1, 0.15) is 0 Å². The molecule has 0 bridgehead atoms. The highest BCUT2D eigenvalue weighted by Gasteiger charge is 2.37. The second kappa shape index (κ2) is 8.59. The number of ether oxygens (including phenoxy) is 2. The van der Waals surface area contributed by atoms with Crippen LogP contribution in [0.4, 0.5) is 5.69 Å². The van der Waals surface area contributed by atoms with Crippen LogP contribution in [0.3, 0.4) is 0 Å². The third-order valence-corrected chi connectivity index (χ3v) is 5.20. The molecule has 9 heteroatoms. The predicted octanol–water partition coefficient (Wildman–Crippen LogP) is 2.92. The summed E-state index contributed by atoms with van der Waals surface area (Å²) in [5.41, 5.74) is 9.55. The Morgan fingerprint density at radius 3 is 2.72 bits per heavy atom. The summed E-state index contributed by atoms with van der Waals surface area (Å²) in [7, 11) is 1.53. The molecule has 0 spiro atoms. The Morgan fingerprint density at radius 1 is 1.34 bits per heavy atom. The molecule has 0 aliphatic carbocycles. The molecule has 1 aliphatic rings. The summed E-state index contributed by atoms with van der Waals surface area (Å²) in [5.74, 6) is 0.0593. The molecule has 29 heavy (non-hydrogen) atoms. The summed E-state index contributed by atoms with van der Waals surface area (Å²) >= 11 is 6.27. The van der Waals surface area contributed by atoms with Crippen LogP contribution in [0.5, 0.6) is 11.5 Å². The minimum atomic E-state index is -0.678. The van der Waals surface area contributed by atoms with E-state index in [0.29, 0.717) is 45.5 Å². The second-order valence-electron chi connectivity index (χ2n) is 6.52. The molecule has 0 saturated carbocycles. The maximum atomic E-state index is 13.1. The molecule has 0 saturated heterocycles. The topological polar surface area (TPSA) is 114 Å². The molecule has 0 fully saturated rings. The maximum absolute atomic E-state index is 13.1. The van der Waals surface area contributed by atoms with E-state index >= 15 is 0 Å². The zero-order valence-corrected chi connectivity index (χ0v) is 16.8. The number of halogens is 1. The highest BCUT2D eigenvalue weighted by atomic mass is 35.5. The van der Waals surface area contributed by atoms with Gasteiger partial charge in [0.05, 0.1) is 31.7 Å². The molecule has 154 valence electrons. The van der Waals surface area contributed by atoms with Crippen molar-refractivity contribution in [2.24, 2.45) is 0 Å². The van der Waals surface area contributed by atoms with E-state index in [0.717, 1.165) is 0 Å². The molecule has 1 atom stereocenters. The van der Waals surface area contributed by atoms with Crippen molar-refractivity contribution in [3.8, 4) is 11.5 Å². The number of benzene rings is 2. The molecular formula is C20H22ClN3O5. The second-order valence-corrected chi connectivity index (χ2v) is 6.93. The van der Waals surface area contributed by atoms with Gasteiger partial charge in [-0.25, -0.2) is 5.48 Å². The number of methoxy groups -OCH3 is 1. The summed E-state index contributed by atoms with van der Waals surface area (Å²) in [4.78, 5) is 26.6. The molecule has 0 radical (unpaired) electrons. The fourth-order valence-corrected chi connectivity index (χ4v) is 3.70. The predicted molar refractivity (Wildman–Crippen MR) is 107 cm³/mol. The first-order valence-electron chi connectivity index (χ1n) is 9.02. The molecule has 1 heterocycles. The smallest absolute Gasteiger partial charge is 0.257 e. The van der Waals surface area contributed by atoms with Gasteiger partial charge in [0, 0.05) is 22.8 Å². The largest absolute Gasteiger partial charge is 0.493 e. The van der Waals surface area contributed by atoms with Crippen molar-refractivity contribution in [2.75, 3.05) is 19.5 Å². The average Bonchev–Trinajstić information content (AvgIpc) is 3.07. The normalized spacial score (nSPS) is 13.8. The minimum absolute atomic E-state index is 0.161. The third-order valence-electron chi connectivity index (χ3n) is 4.84. The minimum Gasteiger partial charge on any atom is -0.493 e. The van der Waals surface area contributed by atoms with Crippen LogP contribution in [0.1, 0.15) is 40.9 Å². The number of hydrogen-bond acceptors (Lipinski definition) is 6. The zero-order valence-electron chi connectivity index (χ0n) is 16.1. The number of nitrogens with zero attached hydrogens (tertiary/aromatic N) is 1. The molecule has 2 amide bonds.